The Bertz CT molecular complexity index is 801. The maximum absolute atomic E-state index is 12.7. The van der Waals surface area contributed by atoms with Gasteiger partial charge >= 0.3 is 0 Å². The van der Waals surface area contributed by atoms with Crippen molar-refractivity contribution in [1.82, 2.24) is 14.3 Å². The molecule has 0 saturated carbocycles. The lowest BCUT2D eigenvalue weighted by molar-refractivity contribution is 0.215. The first-order valence-electron chi connectivity index (χ1n) is 6.94. The number of halogens is 1. The molecule has 0 radical (unpaired) electrons. The van der Waals surface area contributed by atoms with E-state index in [1.165, 1.54) is 16.6 Å². The van der Waals surface area contributed by atoms with Gasteiger partial charge in [0, 0.05) is 29.6 Å². The van der Waals surface area contributed by atoms with Gasteiger partial charge < -0.3 is 10.5 Å². The summed E-state index contributed by atoms with van der Waals surface area (Å²) >= 11 is 3.22. The van der Waals surface area contributed by atoms with Crippen LogP contribution in [-0.2, 0) is 10.0 Å². The van der Waals surface area contributed by atoms with Gasteiger partial charge in [0.15, 0.2) is 0 Å². The topological polar surface area (TPSA) is 98.4 Å². The largest absolute Gasteiger partial charge is 0.489 e. The molecule has 2 aromatic rings. The summed E-state index contributed by atoms with van der Waals surface area (Å²) in [6.07, 6.45) is 5.14. The summed E-state index contributed by atoms with van der Waals surface area (Å²) in [5, 5.41) is 0. The number of nitrogen functional groups attached to an aromatic ring is 1. The Morgan fingerprint density at radius 2 is 2.09 bits per heavy atom. The quantitative estimate of drug-likeness (QED) is 0.840. The second-order valence-electron chi connectivity index (χ2n) is 5.11. The van der Waals surface area contributed by atoms with Crippen molar-refractivity contribution >= 4 is 31.8 Å². The first kappa shape index (κ1) is 16.2. The first-order valence-corrected chi connectivity index (χ1v) is 9.18. The van der Waals surface area contributed by atoms with Crippen LogP contribution in [0.3, 0.4) is 0 Å². The number of aromatic nitrogens is 2. The van der Waals surface area contributed by atoms with Gasteiger partial charge in [0.25, 0.3) is 0 Å². The van der Waals surface area contributed by atoms with E-state index in [2.05, 4.69) is 25.9 Å². The van der Waals surface area contributed by atoms with Crippen molar-refractivity contribution in [3.05, 3.63) is 41.3 Å². The average molecular weight is 399 g/mol. The van der Waals surface area contributed by atoms with E-state index in [1.807, 2.05) is 0 Å². The molecule has 9 heteroatoms. The highest BCUT2D eigenvalue weighted by Gasteiger charge is 2.35. The fourth-order valence-corrected chi connectivity index (χ4v) is 4.46. The monoisotopic (exact) mass is 398 g/mol. The molecule has 7 nitrogen and oxygen atoms in total. The summed E-state index contributed by atoms with van der Waals surface area (Å²) < 4.78 is 33.2. The fraction of sp³-hybridized carbons (Fsp3) is 0.286. The van der Waals surface area contributed by atoms with Crippen LogP contribution in [0.4, 0.5) is 5.82 Å². The highest BCUT2D eigenvalue weighted by Crippen LogP contribution is 2.28. The zero-order valence-corrected chi connectivity index (χ0v) is 14.5. The van der Waals surface area contributed by atoms with Gasteiger partial charge in [0.1, 0.15) is 22.6 Å². The number of nitrogens with two attached hydrogens (primary N) is 1. The van der Waals surface area contributed by atoms with E-state index in [0.29, 0.717) is 23.2 Å². The van der Waals surface area contributed by atoms with Crippen LogP contribution in [0, 0.1) is 0 Å². The lowest BCUT2D eigenvalue weighted by atomic mass is 10.3. The molecular weight excluding hydrogens is 384 g/mol. The van der Waals surface area contributed by atoms with Gasteiger partial charge in [-0.25, -0.2) is 13.4 Å². The number of sulfonamides is 1. The third kappa shape index (κ3) is 3.46. The van der Waals surface area contributed by atoms with Gasteiger partial charge in [-0.2, -0.15) is 4.31 Å². The molecule has 1 aliphatic rings. The van der Waals surface area contributed by atoms with Crippen LogP contribution in [-0.4, -0.2) is 41.9 Å². The Labute approximate surface area is 142 Å². The van der Waals surface area contributed by atoms with Crippen LogP contribution >= 0.6 is 15.9 Å². The summed E-state index contributed by atoms with van der Waals surface area (Å²) in [6.45, 7) is 0.653. The number of hydrogen-bond acceptors (Lipinski definition) is 6. The molecular formula is C14H15BrN4O3S. The standard InChI is InChI=1S/C14H15BrN4O3S/c15-10-7-13(14(16)18-8-10)23(20,21)19-6-3-12(9-19)22-11-1-4-17-5-2-11/h1-2,4-5,7-8,12H,3,6,9H2,(H2,16,18)/t12-/m0/s1. The number of nitrogens with zero attached hydrogens (tertiary/aromatic N) is 3. The molecule has 1 aliphatic heterocycles. The molecule has 0 spiro atoms. The molecule has 0 bridgehead atoms. The number of hydrogen-bond donors (Lipinski definition) is 1. The number of pyridine rings is 2. The maximum atomic E-state index is 12.7. The number of anilines is 1. The van der Waals surface area contributed by atoms with Crippen molar-refractivity contribution in [2.45, 2.75) is 17.4 Å². The molecule has 1 fully saturated rings. The van der Waals surface area contributed by atoms with Crippen LogP contribution in [0.1, 0.15) is 6.42 Å². The van der Waals surface area contributed by atoms with Gasteiger partial charge in [-0.3, -0.25) is 4.98 Å². The second-order valence-corrected chi connectivity index (χ2v) is 7.93. The van der Waals surface area contributed by atoms with Gasteiger partial charge in [0.2, 0.25) is 10.0 Å². The summed E-state index contributed by atoms with van der Waals surface area (Å²) in [7, 11) is -3.69. The summed E-state index contributed by atoms with van der Waals surface area (Å²) in [4.78, 5) is 7.82. The molecule has 3 heterocycles. The summed E-state index contributed by atoms with van der Waals surface area (Å²) in [6, 6.07) is 4.95. The van der Waals surface area contributed by atoms with Gasteiger partial charge in [0.05, 0.1) is 6.54 Å². The molecule has 0 amide bonds. The van der Waals surface area contributed by atoms with E-state index in [1.54, 1.807) is 24.5 Å². The zero-order valence-electron chi connectivity index (χ0n) is 12.1. The summed E-state index contributed by atoms with van der Waals surface area (Å²) in [5.74, 6) is 0.666. The Morgan fingerprint density at radius 3 is 2.83 bits per heavy atom. The third-order valence-electron chi connectivity index (χ3n) is 3.53. The van der Waals surface area contributed by atoms with E-state index in [0.717, 1.165) is 0 Å². The average Bonchev–Trinajstić information content (AvgIpc) is 3.00. The Kier molecular flexibility index (Phi) is 4.51. The maximum Gasteiger partial charge on any atom is 0.246 e. The summed E-state index contributed by atoms with van der Waals surface area (Å²) in [5.41, 5.74) is 5.73. The van der Waals surface area contributed by atoms with Crippen molar-refractivity contribution in [2.24, 2.45) is 0 Å². The van der Waals surface area contributed by atoms with E-state index < -0.39 is 10.0 Å². The van der Waals surface area contributed by atoms with Gasteiger partial charge in [-0.05, 0) is 40.5 Å². The van der Waals surface area contributed by atoms with Crippen molar-refractivity contribution in [1.29, 1.82) is 0 Å². The minimum absolute atomic E-state index is 0.00768. The number of rotatable bonds is 4. The lowest BCUT2D eigenvalue weighted by Gasteiger charge is -2.18. The van der Waals surface area contributed by atoms with Crippen molar-refractivity contribution < 1.29 is 13.2 Å². The molecule has 1 atom stereocenters. The van der Waals surface area contributed by atoms with Crippen molar-refractivity contribution in [3.63, 3.8) is 0 Å². The van der Waals surface area contributed by atoms with Crippen LogP contribution in [0.15, 0.2) is 46.2 Å². The smallest absolute Gasteiger partial charge is 0.246 e. The fourth-order valence-electron chi connectivity index (χ4n) is 2.40. The van der Waals surface area contributed by atoms with Crippen LogP contribution in [0.25, 0.3) is 0 Å². The van der Waals surface area contributed by atoms with Crippen LogP contribution in [0.5, 0.6) is 5.75 Å². The molecule has 23 heavy (non-hydrogen) atoms. The molecule has 0 aliphatic carbocycles. The lowest BCUT2D eigenvalue weighted by Crippen LogP contribution is -2.31. The van der Waals surface area contributed by atoms with E-state index in [4.69, 9.17) is 10.5 Å². The predicted octanol–water partition coefficient (Wildman–Crippen LogP) is 1.66. The Hall–Kier alpha value is -1.71. The molecule has 3 rings (SSSR count). The molecule has 0 unspecified atom stereocenters. The highest BCUT2D eigenvalue weighted by atomic mass is 79.9. The van der Waals surface area contributed by atoms with Gasteiger partial charge in [-0.15, -0.1) is 0 Å². The molecule has 2 aromatic heterocycles. The predicted molar refractivity (Wildman–Crippen MR) is 88.4 cm³/mol. The molecule has 2 N–H and O–H groups in total. The van der Waals surface area contributed by atoms with Gasteiger partial charge in [-0.1, -0.05) is 0 Å². The van der Waals surface area contributed by atoms with Crippen LogP contribution in [0.2, 0.25) is 0 Å². The van der Waals surface area contributed by atoms with Crippen LogP contribution < -0.4 is 10.5 Å². The SMILES string of the molecule is Nc1ncc(Br)cc1S(=O)(=O)N1CC[C@H](Oc2ccncc2)C1. The van der Waals surface area contributed by atoms with E-state index >= 15 is 0 Å². The number of ether oxygens (including phenoxy) is 1. The molecule has 122 valence electrons. The van der Waals surface area contributed by atoms with Crippen molar-refractivity contribution in [3.8, 4) is 5.75 Å². The van der Waals surface area contributed by atoms with E-state index in [9.17, 15) is 8.42 Å². The van der Waals surface area contributed by atoms with E-state index in [-0.39, 0.29) is 23.4 Å². The minimum Gasteiger partial charge on any atom is -0.489 e. The zero-order chi connectivity index (χ0) is 16.4. The van der Waals surface area contributed by atoms with Crippen molar-refractivity contribution in [2.75, 3.05) is 18.8 Å². The second kappa shape index (κ2) is 6.42. The molecule has 0 aromatic carbocycles. The minimum atomic E-state index is -3.69. The molecule has 1 saturated heterocycles. The third-order valence-corrected chi connectivity index (χ3v) is 5.85. The Balaban J connectivity index is 1.76. The first-order chi connectivity index (χ1) is 11.0. The highest BCUT2D eigenvalue weighted by molar-refractivity contribution is 9.10. The Morgan fingerprint density at radius 1 is 1.35 bits per heavy atom. The normalized spacial score (nSPS) is 18.9.